The summed E-state index contributed by atoms with van der Waals surface area (Å²) < 4.78 is 7.41. The fraction of sp³-hybridized carbons (Fsp3) is 0.118. The molecule has 4 aromatic rings. The zero-order valence-electron chi connectivity index (χ0n) is 12.5. The Balaban J connectivity index is 1.91. The molecule has 0 aliphatic rings. The van der Waals surface area contributed by atoms with Crippen molar-refractivity contribution in [2.24, 2.45) is 5.73 Å². The van der Waals surface area contributed by atoms with Crippen LogP contribution < -0.4 is 10.5 Å². The van der Waals surface area contributed by atoms with Crippen molar-refractivity contribution in [1.82, 2.24) is 9.38 Å². The molecule has 0 aliphatic heterocycles. The van der Waals surface area contributed by atoms with E-state index < -0.39 is 0 Å². The third-order valence-electron chi connectivity index (χ3n) is 3.79. The van der Waals surface area contributed by atoms with E-state index in [4.69, 9.17) is 15.5 Å². The number of fused-ring (bicyclic) bond motifs is 1. The molecule has 1 aromatic carbocycles. The first kappa shape index (κ1) is 14.4. The van der Waals surface area contributed by atoms with Gasteiger partial charge in [-0.2, -0.15) is 0 Å². The molecule has 0 saturated heterocycles. The molecule has 0 bridgehead atoms. The van der Waals surface area contributed by atoms with Crippen LogP contribution in [0.25, 0.3) is 26.8 Å². The van der Waals surface area contributed by atoms with E-state index in [9.17, 15) is 0 Å². The van der Waals surface area contributed by atoms with Crippen LogP contribution in [-0.2, 0) is 6.54 Å². The molecule has 0 saturated carbocycles. The van der Waals surface area contributed by atoms with Crippen molar-refractivity contribution in [1.29, 1.82) is 0 Å². The van der Waals surface area contributed by atoms with Gasteiger partial charge in [0, 0.05) is 11.9 Å². The maximum Gasteiger partial charge on any atom is 0.195 e. The molecular weight excluding hydrogens is 326 g/mol. The Morgan fingerprint density at radius 2 is 2.00 bits per heavy atom. The second-order valence-corrected chi connectivity index (χ2v) is 6.84. The minimum atomic E-state index is 0.453. The number of hydrogen-bond donors (Lipinski definition) is 1. The number of thiophene rings is 1. The van der Waals surface area contributed by atoms with Gasteiger partial charge in [-0.25, -0.2) is 4.98 Å². The summed E-state index contributed by atoms with van der Waals surface area (Å²) in [5.41, 5.74) is 10.3. The van der Waals surface area contributed by atoms with Gasteiger partial charge in [-0.05, 0) is 41.3 Å². The molecule has 0 spiro atoms. The number of methoxy groups -OCH3 is 1. The Morgan fingerprint density at radius 3 is 2.65 bits per heavy atom. The Bertz CT molecular complexity index is 936. The van der Waals surface area contributed by atoms with Gasteiger partial charge in [0.15, 0.2) is 4.96 Å². The van der Waals surface area contributed by atoms with Gasteiger partial charge >= 0.3 is 0 Å². The number of nitrogens with zero attached hydrogens (tertiary/aromatic N) is 2. The van der Waals surface area contributed by atoms with Crippen molar-refractivity contribution in [2.45, 2.75) is 6.54 Å². The lowest BCUT2D eigenvalue weighted by Crippen LogP contribution is -2.02. The van der Waals surface area contributed by atoms with Crippen LogP contribution in [0.1, 0.15) is 5.69 Å². The summed E-state index contributed by atoms with van der Waals surface area (Å²) in [6, 6.07) is 12.2. The molecule has 3 aromatic heterocycles. The predicted molar refractivity (Wildman–Crippen MR) is 96.3 cm³/mol. The Labute approximate surface area is 141 Å². The Hall–Kier alpha value is -2.15. The van der Waals surface area contributed by atoms with Gasteiger partial charge in [0.1, 0.15) is 11.4 Å². The molecule has 4 nitrogen and oxygen atoms in total. The van der Waals surface area contributed by atoms with E-state index >= 15 is 0 Å². The zero-order chi connectivity index (χ0) is 15.8. The second-order valence-electron chi connectivity index (χ2n) is 5.06. The maximum absolute atomic E-state index is 6.05. The highest BCUT2D eigenvalue weighted by Crippen LogP contribution is 2.34. The number of hydrogen-bond acceptors (Lipinski definition) is 5. The zero-order valence-corrected chi connectivity index (χ0v) is 14.2. The minimum Gasteiger partial charge on any atom is -0.497 e. The lowest BCUT2D eigenvalue weighted by atomic mass is 10.1. The predicted octanol–water partition coefficient (Wildman–Crippen LogP) is 4.26. The largest absolute Gasteiger partial charge is 0.497 e. The quantitative estimate of drug-likeness (QED) is 0.603. The van der Waals surface area contributed by atoms with Crippen LogP contribution in [0, 0.1) is 0 Å². The van der Waals surface area contributed by atoms with Crippen LogP contribution in [0.15, 0.2) is 47.2 Å². The van der Waals surface area contributed by atoms with Gasteiger partial charge < -0.3 is 10.5 Å². The molecule has 0 radical (unpaired) electrons. The van der Waals surface area contributed by atoms with E-state index in [-0.39, 0.29) is 0 Å². The SMILES string of the molecule is COc1ccc(-c2csc3nc(-c4cccs4)c(CN)n23)cc1. The smallest absolute Gasteiger partial charge is 0.195 e. The second kappa shape index (κ2) is 5.81. The van der Waals surface area contributed by atoms with Crippen LogP contribution in [-0.4, -0.2) is 16.5 Å². The molecule has 0 unspecified atom stereocenters. The lowest BCUT2D eigenvalue weighted by Gasteiger charge is -2.05. The summed E-state index contributed by atoms with van der Waals surface area (Å²) in [5, 5.41) is 4.19. The van der Waals surface area contributed by atoms with E-state index in [1.807, 2.05) is 18.2 Å². The highest BCUT2D eigenvalue weighted by molar-refractivity contribution is 7.15. The summed E-state index contributed by atoms with van der Waals surface area (Å²) in [6.45, 7) is 0.453. The molecule has 6 heteroatoms. The van der Waals surface area contributed by atoms with Gasteiger partial charge in [-0.15, -0.1) is 22.7 Å². The molecule has 0 aliphatic carbocycles. The monoisotopic (exact) mass is 341 g/mol. The third-order valence-corrected chi connectivity index (χ3v) is 5.49. The van der Waals surface area contributed by atoms with Crippen LogP contribution in [0.2, 0.25) is 0 Å². The van der Waals surface area contributed by atoms with Crippen molar-refractivity contribution >= 4 is 27.6 Å². The average Bonchev–Trinajstić information content (AvgIpc) is 3.30. The molecule has 0 amide bonds. The average molecular weight is 341 g/mol. The minimum absolute atomic E-state index is 0.453. The summed E-state index contributed by atoms with van der Waals surface area (Å²) >= 11 is 3.32. The first-order valence-corrected chi connectivity index (χ1v) is 8.95. The third kappa shape index (κ3) is 2.35. The maximum atomic E-state index is 6.05. The van der Waals surface area contributed by atoms with E-state index in [0.717, 1.165) is 38.2 Å². The number of aromatic nitrogens is 2. The first-order chi connectivity index (χ1) is 11.3. The summed E-state index contributed by atoms with van der Waals surface area (Å²) in [7, 11) is 1.67. The molecule has 4 rings (SSSR count). The molecular formula is C17H15N3OS2. The van der Waals surface area contributed by atoms with Crippen LogP contribution in [0.3, 0.4) is 0 Å². The fourth-order valence-corrected chi connectivity index (χ4v) is 4.33. The fourth-order valence-electron chi connectivity index (χ4n) is 2.68. The molecule has 0 atom stereocenters. The summed E-state index contributed by atoms with van der Waals surface area (Å²) in [5.74, 6) is 0.851. The number of rotatable bonds is 4. The molecule has 3 heterocycles. The van der Waals surface area contributed by atoms with E-state index in [2.05, 4.69) is 33.4 Å². The number of thiazole rings is 1. The standard InChI is InChI=1S/C17H15N3OS2/c1-21-12-6-4-11(5-7-12)14-10-23-17-19-16(13(9-18)20(14)17)15-3-2-8-22-15/h2-8,10H,9,18H2,1H3. The highest BCUT2D eigenvalue weighted by atomic mass is 32.1. The Kier molecular flexibility index (Phi) is 3.65. The van der Waals surface area contributed by atoms with E-state index in [1.54, 1.807) is 29.8 Å². The number of nitrogens with two attached hydrogens (primary N) is 1. The molecule has 116 valence electrons. The van der Waals surface area contributed by atoms with Crippen molar-refractivity contribution in [3.8, 4) is 27.6 Å². The molecule has 23 heavy (non-hydrogen) atoms. The highest BCUT2D eigenvalue weighted by Gasteiger charge is 2.18. The van der Waals surface area contributed by atoms with Gasteiger partial charge in [0.25, 0.3) is 0 Å². The molecule has 0 fully saturated rings. The van der Waals surface area contributed by atoms with Crippen molar-refractivity contribution in [2.75, 3.05) is 7.11 Å². The van der Waals surface area contributed by atoms with E-state index in [0.29, 0.717) is 6.54 Å². The van der Waals surface area contributed by atoms with Crippen molar-refractivity contribution < 1.29 is 4.74 Å². The molecule has 2 N–H and O–H groups in total. The Morgan fingerprint density at radius 1 is 1.17 bits per heavy atom. The first-order valence-electron chi connectivity index (χ1n) is 7.19. The summed E-state index contributed by atoms with van der Waals surface area (Å²) in [6.07, 6.45) is 0. The summed E-state index contributed by atoms with van der Waals surface area (Å²) in [4.78, 5) is 6.92. The normalized spacial score (nSPS) is 11.2. The number of benzene rings is 1. The van der Waals surface area contributed by atoms with Crippen LogP contribution >= 0.6 is 22.7 Å². The number of ether oxygens (including phenoxy) is 1. The van der Waals surface area contributed by atoms with E-state index in [1.165, 1.54) is 0 Å². The van der Waals surface area contributed by atoms with Gasteiger partial charge in [-0.1, -0.05) is 6.07 Å². The van der Waals surface area contributed by atoms with Crippen LogP contribution in [0.5, 0.6) is 5.75 Å². The van der Waals surface area contributed by atoms with Gasteiger partial charge in [0.2, 0.25) is 0 Å². The van der Waals surface area contributed by atoms with Crippen molar-refractivity contribution in [3.63, 3.8) is 0 Å². The van der Waals surface area contributed by atoms with Crippen LogP contribution in [0.4, 0.5) is 0 Å². The van der Waals surface area contributed by atoms with Gasteiger partial charge in [-0.3, -0.25) is 4.40 Å². The number of imidazole rings is 1. The lowest BCUT2D eigenvalue weighted by molar-refractivity contribution is 0.415. The van der Waals surface area contributed by atoms with Gasteiger partial charge in [0.05, 0.1) is 23.4 Å². The van der Waals surface area contributed by atoms with Crippen molar-refractivity contribution in [3.05, 3.63) is 52.9 Å². The topological polar surface area (TPSA) is 52.5 Å².